The molecule has 0 fully saturated rings. The summed E-state index contributed by atoms with van der Waals surface area (Å²) in [6.07, 6.45) is 0. The number of nitrogens with zero attached hydrogens (tertiary/aromatic N) is 1. The molecule has 9 nitrogen and oxygen atoms in total. The largest absolute Gasteiger partial charge is 0.391 e. The summed E-state index contributed by atoms with van der Waals surface area (Å²) in [5, 5.41) is 18.4. The third-order valence-electron chi connectivity index (χ3n) is 4.10. The minimum atomic E-state index is -3.78. The van der Waals surface area contributed by atoms with Crippen LogP contribution in [0.5, 0.6) is 0 Å². The van der Waals surface area contributed by atoms with Crippen LogP contribution >= 0.6 is 11.3 Å². The molecule has 0 bridgehead atoms. The molecule has 0 radical (unpaired) electrons. The molecule has 0 saturated heterocycles. The first-order valence-electron chi connectivity index (χ1n) is 9.13. The monoisotopic (exact) mass is 482 g/mol. The smallest absolute Gasteiger partial charge is 0.240 e. The number of rotatable bonds is 8. The highest BCUT2D eigenvalue weighted by molar-refractivity contribution is 7.89. The van der Waals surface area contributed by atoms with Crippen LogP contribution in [0.15, 0.2) is 58.3 Å². The van der Waals surface area contributed by atoms with Gasteiger partial charge in [0, 0.05) is 17.3 Å². The van der Waals surface area contributed by atoms with Crippen molar-refractivity contribution in [2.45, 2.75) is 36.3 Å². The van der Waals surface area contributed by atoms with Crippen LogP contribution in [0.25, 0.3) is 11.3 Å². The second-order valence-electron chi connectivity index (χ2n) is 6.94. The summed E-state index contributed by atoms with van der Waals surface area (Å²) in [6, 6.07) is 11.9. The van der Waals surface area contributed by atoms with E-state index in [4.69, 9.17) is 5.14 Å². The highest BCUT2D eigenvalue weighted by Gasteiger charge is 2.17. The molecule has 31 heavy (non-hydrogen) atoms. The van der Waals surface area contributed by atoms with Crippen molar-refractivity contribution in [3.63, 3.8) is 0 Å². The number of thiazole rings is 1. The normalized spacial score (nSPS) is 12.3. The molecule has 0 amide bonds. The Morgan fingerprint density at radius 2 is 1.58 bits per heavy atom. The zero-order chi connectivity index (χ0) is 22.8. The van der Waals surface area contributed by atoms with E-state index in [0.717, 1.165) is 0 Å². The molecule has 3 aromatic rings. The van der Waals surface area contributed by atoms with Gasteiger partial charge in [-0.15, -0.1) is 0 Å². The fourth-order valence-electron chi connectivity index (χ4n) is 2.76. The Labute approximate surface area is 185 Å². The minimum Gasteiger partial charge on any atom is -0.391 e. The van der Waals surface area contributed by atoms with Gasteiger partial charge in [-0.25, -0.2) is 31.7 Å². The van der Waals surface area contributed by atoms with Crippen LogP contribution in [0, 0.1) is 0 Å². The van der Waals surface area contributed by atoms with Gasteiger partial charge in [0.15, 0.2) is 5.13 Å². The van der Waals surface area contributed by atoms with Crippen molar-refractivity contribution in [2.24, 2.45) is 5.14 Å². The number of aliphatic hydroxyl groups excluding tert-OH is 1. The van der Waals surface area contributed by atoms with Crippen LogP contribution in [-0.2, 0) is 26.7 Å². The molecule has 1 heterocycles. The molecule has 166 valence electrons. The van der Waals surface area contributed by atoms with Crippen molar-refractivity contribution in [2.75, 3.05) is 5.32 Å². The van der Waals surface area contributed by atoms with E-state index in [1.807, 2.05) is 0 Å². The topological polar surface area (TPSA) is 151 Å². The number of primary sulfonamides is 1. The Bertz CT molecular complexity index is 1270. The van der Waals surface area contributed by atoms with Crippen LogP contribution in [0.3, 0.4) is 0 Å². The van der Waals surface area contributed by atoms with Crippen LogP contribution in [0.4, 0.5) is 10.8 Å². The lowest BCUT2D eigenvalue weighted by Crippen LogP contribution is -2.30. The van der Waals surface area contributed by atoms with Crippen molar-refractivity contribution in [3.8, 4) is 11.3 Å². The van der Waals surface area contributed by atoms with Crippen molar-refractivity contribution in [1.82, 2.24) is 9.71 Å². The molecule has 0 aliphatic heterocycles. The maximum Gasteiger partial charge on any atom is 0.240 e. The molecule has 3 rings (SSSR count). The van der Waals surface area contributed by atoms with Gasteiger partial charge < -0.3 is 10.4 Å². The average Bonchev–Trinajstić information content (AvgIpc) is 3.09. The van der Waals surface area contributed by atoms with Crippen LogP contribution < -0.4 is 15.2 Å². The van der Waals surface area contributed by atoms with E-state index in [1.165, 1.54) is 35.6 Å². The number of hydrogen-bond donors (Lipinski definition) is 4. The zero-order valence-corrected chi connectivity index (χ0v) is 19.2. The van der Waals surface area contributed by atoms with Crippen molar-refractivity contribution in [3.05, 3.63) is 53.4 Å². The van der Waals surface area contributed by atoms with Gasteiger partial charge in [-0.3, -0.25) is 0 Å². The predicted molar refractivity (Wildman–Crippen MR) is 120 cm³/mol. The molecule has 0 aliphatic carbocycles. The molecule has 0 atom stereocenters. The second kappa shape index (κ2) is 9.02. The quantitative estimate of drug-likeness (QED) is 0.385. The standard InChI is InChI=1S/C19H22N4O5S3/c1-12(2)23-31(27,28)16-7-3-13(4-8-16)18-17(11-24)29-19(22-18)21-14-5-9-15(10-6-14)30(20,25)26/h3-10,12,23-24H,11H2,1-2H3,(H,21,22)(H2,20,25,26). The lowest BCUT2D eigenvalue weighted by molar-refractivity contribution is 0.286. The molecule has 0 saturated carbocycles. The number of aromatic nitrogens is 1. The number of anilines is 2. The summed E-state index contributed by atoms with van der Waals surface area (Å²) >= 11 is 1.23. The highest BCUT2D eigenvalue weighted by Crippen LogP contribution is 2.33. The van der Waals surface area contributed by atoms with Crippen LogP contribution in [-0.4, -0.2) is 33.0 Å². The fourth-order valence-corrected chi connectivity index (χ4v) is 5.39. The molecular formula is C19H22N4O5S3. The fraction of sp³-hybridized carbons (Fsp3) is 0.211. The first kappa shape index (κ1) is 23.3. The van der Waals surface area contributed by atoms with Gasteiger partial charge in [0.25, 0.3) is 0 Å². The minimum absolute atomic E-state index is 0.00377. The third kappa shape index (κ3) is 5.67. The van der Waals surface area contributed by atoms with E-state index >= 15 is 0 Å². The third-order valence-corrected chi connectivity index (χ3v) is 7.66. The predicted octanol–water partition coefficient (Wildman–Crippen LogP) is 2.38. The summed E-state index contributed by atoms with van der Waals surface area (Å²) in [6.45, 7) is 3.24. The van der Waals surface area contributed by atoms with Gasteiger partial charge in [0.2, 0.25) is 20.0 Å². The van der Waals surface area contributed by atoms with E-state index in [2.05, 4.69) is 15.0 Å². The van der Waals surface area contributed by atoms with E-state index in [1.54, 1.807) is 38.1 Å². The van der Waals surface area contributed by atoms with Crippen LogP contribution in [0.1, 0.15) is 18.7 Å². The zero-order valence-electron chi connectivity index (χ0n) is 16.7. The van der Waals surface area contributed by atoms with Crippen LogP contribution in [0.2, 0.25) is 0 Å². The lowest BCUT2D eigenvalue weighted by atomic mass is 10.1. The maximum absolute atomic E-state index is 12.3. The number of benzene rings is 2. The molecule has 12 heteroatoms. The first-order valence-corrected chi connectivity index (χ1v) is 13.0. The van der Waals surface area contributed by atoms with E-state index in [0.29, 0.717) is 27.0 Å². The highest BCUT2D eigenvalue weighted by atomic mass is 32.2. The number of hydrogen-bond acceptors (Lipinski definition) is 8. The first-order chi connectivity index (χ1) is 14.5. The molecule has 0 aliphatic rings. The van der Waals surface area contributed by atoms with Gasteiger partial charge in [-0.1, -0.05) is 23.5 Å². The lowest BCUT2D eigenvalue weighted by Gasteiger charge is -2.10. The molecule has 5 N–H and O–H groups in total. The Balaban J connectivity index is 1.85. The van der Waals surface area contributed by atoms with Crippen molar-refractivity contribution >= 4 is 42.2 Å². The Hall–Kier alpha value is -2.35. The van der Waals surface area contributed by atoms with Crippen molar-refractivity contribution in [1.29, 1.82) is 0 Å². The van der Waals surface area contributed by atoms with Crippen molar-refractivity contribution < 1.29 is 21.9 Å². The molecule has 2 aromatic carbocycles. The van der Waals surface area contributed by atoms with Gasteiger partial charge in [-0.05, 0) is 50.2 Å². The summed E-state index contributed by atoms with van der Waals surface area (Å²) in [7, 11) is -7.38. The summed E-state index contributed by atoms with van der Waals surface area (Å²) in [5.74, 6) is 0. The molecular weight excluding hydrogens is 460 g/mol. The maximum atomic E-state index is 12.3. The summed E-state index contributed by atoms with van der Waals surface area (Å²) in [5.41, 5.74) is 1.77. The van der Waals surface area contributed by atoms with Gasteiger partial charge in [0.1, 0.15) is 0 Å². The SMILES string of the molecule is CC(C)NS(=O)(=O)c1ccc(-c2nc(Nc3ccc(S(N)(=O)=O)cc3)sc2CO)cc1. The summed E-state index contributed by atoms with van der Waals surface area (Å²) < 4.78 is 49.8. The molecule has 1 aromatic heterocycles. The molecule has 0 unspecified atom stereocenters. The number of aliphatic hydroxyl groups is 1. The van der Waals surface area contributed by atoms with E-state index in [9.17, 15) is 21.9 Å². The Morgan fingerprint density at radius 3 is 2.10 bits per heavy atom. The average molecular weight is 483 g/mol. The summed E-state index contributed by atoms with van der Waals surface area (Å²) in [4.78, 5) is 5.23. The van der Waals surface area contributed by atoms with Gasteiger partial charge in [0.05, 0.1) is 27.0 Å². The van der Waals surface area contributed by atoms with Gasteiger partial charge >= 0.3 is 0 Å². The number of nitrogens with one attached hydrogen (secondary N) is 2. The van der Waals surface area contributed by atoms with E-state index < -0.39 is 20.0 Å². The molecule has 0 spiro atoms. The number of nitrogens with two attached hydrogens (primary N) is 1. The second-order valence-corrected chi connectivity index (χ2v) is 11.3. The Kier molecular flexibility index (Phi) is 6.79. The van der Waals surface area contributed by atoms with E-state index in [-0.39, 0.29) is 22.4 Å². The van der Waals surface area contributed by atoms with Gasteiger partial charge in [-0.2, -0.15) is 0 Å². The number of sulfonamides is 2. The Morgan fingerprint density at radius 1 is 1.00 bits per heavy atom.